The number of amides is 1. The summed E-state index contributed by atoms with van der Waals surface area (Å²) < 4.78 is 15.7. The molecule has 1 aliphatic heterocycles. The maximum absolute atomic E-state index is 12.3. The van der Waals surface area contributed by atoms with Crippen molar-refractivity contribution in [3.63, 3.8) is 0 Å². The number of rotatable bonds is 4. The zero-order valence-electron chi connectivity index (χ0n) is 15.9. The number of hydrogen-bond acceptors (Lipinski definition) is 7. The van der Waals surface area contributed by atoms with Crippen molar-refractivity contribution in [1.82, 2.24) is 4.90 Å². The Balaban J connectivity index is 2.13. The van der Waals surface area contributed by atoms with E-state index in [2.05, 4.69) is 5.32 Å². The Hall–Kier alpha value is -2.48. The van der Waals surface area contributed by atoms with Gasteiger partial charge in [0.1, 0.15) is 5.60 Å². The molecule has 1 amide bonds. The van der Waals surface area contributed by atoms with Gasteiger partial charge < -0.3 is 30.2 Å². The topological polar surface area (TPSA) is 103 Å². The smallest absolute Gasteiger partial charge is 0.410 e. The molecule has 2 rings (SSSR count). The van der Waals surface area contributed by atoms with Gasteiger partial charge in [-0.2, -0.15) is 0 Å². The highest BCUT2D eigenvalue weighted by molar-refractivity contribution is 5.92. The number of ether oxygens (including phenoxy) is 3. The predicted molar refractivity (Wildman–Crippen MR) is 98.2 cm³/mol. The molecular formula is C18H27N3O5. The Kier molecular flexibility index (Phi) is 5.97. The molecule has 0 saturated carbocycles. The van der Waals surface area contributed by atoms with Crippen molar-refractivity contribution in [2.75, 3.05) is 38.4 Å². The van der Waals surface area contributed by atoms with E-state index in [-0.39, 0.29) is 18.2 Å². The van der Waals surface area contributed by atoms with E-state index in [0.717, 1.165) is 0 Å². The van der Waals surface area contributed by atoms with E-state index in [1.54, 1.807) is 30.2 Å². The van der Waals surface area contributed by atoms with Crippen molar-refractivity contribution in [2.24, 2.45) is 0 Å². The van der Waals surface area contributed by atoms with E-state index in [1.165, 1.54) is 7.11 Å². The lowest BCUT2D eigenvalue weighted by atomic mass is 10.1. The lowest BCUT2D eigenvalue weighted by Gasteiger charge is -2.24. The van der Waals surface area contributed by atoms with Crippen LogP contribution in [0.15, 0.2) is 18.2 Å². The van der Waals surface area contributed by atoms with Crippen LogP contribution >= 0.6 is 0 Å². The summed E-state index contributed by atoms with van der Waals surface area (Å²) in [5.74, 6) is -0.446. The molecular weight excluding hydrogens is 338 g/mol. The van der Waals surface area contributed by atoms with Crippen molar-refractivity contribution in [3.8, 4) is 0 Å². The molecule has 8 heteroatoms. The van der Waals surface area contributed by atoms with Gasteiger partial charge in [0.15, 0.2) is 0 Å². The Morgan fingerprint density at radius 2 is 1.92 bits per heavy atom. The van der Waals surface area contributed by atoms with Crippen LogP contribution in [-0.4, -0.2) is 62.0 Å². The van der Waals surface area contributed by atoms with Gasteiger partial charge in [-0.1, -0.05) is 0 Å². The summed E-state index contributed by atoms with van der Waals surface area (Å²) in [6.45, 7) is 6.27. The van der Waals surface area contributed by atoms with Gasteiger partial charge in [-0.25, -0.2) is 9.59 Å². The number of likely N-dealkylation sites (tertiary alicyclic amines) is 1. The van der Waals surface area contributed by atoms with Crippen LogP contribution in [0.3, 0.4) is 0 Å². The standard InChI is InChI=1S/C18H27N3O5/c1-18(2,3)26-17(23)21-9-14(15(10-21)24-4)20-13-8-11(16(22)25-5)6-7-12(13)19/h6-8,14-15,20H,9-10,19H2,1-5H3/t14-,15+/m0/s1. The minimum absolute atomic E-state index is 0.192. The van der Waals surface area contributed by atoms with Crippen molar-refractivity contribution >= 4 is 23.4 Å². The van der Waals surface area contributed by atoms with Gasteiger partial charge in [0.2, 0.25) is 0 Å². The predicted octanol–water partition coefficient (Wildman–Crippen LogP) is 2.10. The summed E-state index contributed by atoms with van der Waals surface area (Å²) in [5, 5.41) is 3.27. The maximum Gasteiger partial charge on any atom is 0.410 e. The second-order valence-electron chi connectivity index (χ2n) is 7.20. The largest absolute Gasteiger partial charge is 0.465 e. The molecule has 8 nitrogen and oxygen atoms in total. The number of nitrogens with zero attached hydrogens (tertiary/aromatic N) is 1. The number of anilines is 2. The first-order valence-corrected chi connectivity index (χ1v) is 8.39. The highest BCUT2D eigenvalue weighted by atomic mass is 16.6. The number of carbonyl (C=O) groups is 2. The number of carbonyl (C=O) groups excluding carboxylic acids is 2. The van der Waals surface area contributed by atoms with E-state index >= 15 is 0 Å². The first-order chi connectivity index (χ1) is 12.1. The minimum atomic E-state index is -0.565. The monoisotopic (exact) mass is 365 g/mol. The van der Waals surface area contributed by atoms with Crippen molar-refractivity contribution in [2.45, 2.75) is 38.5 Å². The molecule has 0 aliphatic carbocycles. The molecule has 1 heterocycles. The lowest BCUT2D eigenvalue weighted by Crippen LogP contribution is -2.36. The minimum Gasteiger partial charge on any atom is -0.465 e. The van der Waals surface area contributed by atoms with Crippen LogP contribution in [0.2, 0.25) is 0 Å². The fraction of sp³-hybridized carbons (Fsp3) is 0.556. The number of methoxy groups -OCH3 is 2. The van der Waals surface area contributed by atoms with Crippen LogP contribution in [0, 0.1) is 0 Å². The molecule has 1 aliphatic rings. The number of esters is 1. The van der Waals surface area contributed by atoms with Gasteiger partial charge in [0.05, 0.1) is 42.7 Å². The summed E-state index contributed by atoms with van der Waals surface area (Å²) in [5.41, 5.74) is 6.92. The quantitative estimate of drug-likeness (QED) is 0.622. The molecule has 0 aromatic heterocycles. The number of benzene rings is 1. The van der Waals surface area contributed by atoms with Crippen LogP contribution in [-0.2, 0) is 14.2 Å². The van der Waals surface area contributed by atoms with E-state index in [1.807, 2.05) is 20.8 Å². The zero-order chi connectivity index (χ0) is 19.5. The van der Waals surface area contributed by atoms with Crippen molar-refractivity contribution < 1.29 is 23.8 Å². The molecule has 144 valence electrons. The Labute approximate surface area is 153 Å². The Morgan fingerprint density at radius 1 is 1.23 bits per heavy atom. The second-order valence-corrected chi connectivity index (χ2v) is 7.20. The van der Waals surface area contributed by atoms with Crippen molar-refractivity contribution in [3.05, 3.63) is 23.8 Å². The second kappa shape index (κ2) is 7.82. The average Bonchev–Trinajstić information content (AvgIpc) is 2.97. The molecule has 3 N–H and O–H groups in total. The van der Waals surface area contributed by atoms with E-state index < -0.39 is 11.6 Å². The van der Waals surface area contributed by atoms with Gasteiger partial charge in [-0.15, -0.1) is 0 Å². The third-order valence-corrected chi connectivity index (χ3v) is 4.04. The van der Waals surface area contributed by atoms with Crippen LogP contribution < -0.4 is 11.1 Å². The van der Waals surface area contributed by atoms with Crippen LogP contribution in [0.1, 0.15) is 31.1 Å². The lowest BCUT2D eigenvalue weighted by molar-refractivity contribution is 0.0252. The molecule has 1 saturated heterocycles. The fourth-order valence-electron chi connectivity index (χ4n) is 2.75. The molecule has 1 aromatic rings. The summed E-state index contributed by atoms with van der Waals surface area (Å²) in [6.07, 6.45) is -0.621. The van der Waals surface area contributed by atoms with Gasteiger partial charge in [-0.3, -0.25) is 0 Å². The number of nitrogen functional groups attached to an aromatic ring is 1. The molecule has 0 bridgehead atoms. The van der Waals surface area contributed by atoms with Gasteiger partial charge in [-0.05, 0) is 39.0 Å². The number of nitrogens with two attached hydrogens (primary N) is 1. The Bertz CT molecular complexity index is 671. The highest BCUT2D eigenvalue weighted by Gasteiger charge is 2.37. The molecule has 0 unspecified atom stereocenters. The van der Waals surface area contributed by atoms with Gasteiger partial charge >= 0.3 is 12.1 Å². The normalized spacial score (nSPS) is 20.0. The van der Waals surface area contributed by atoms with Gasteiger partial charge in [0.25, 0.3) is 0 Å². The first-order valence-electron chi connectivity index (χ1n) is 8.39. The third-order valence-electron chi connectivity index (χ3n) is 4.04. The summed E-state index contributed by atoms with van der Waals surface area (Å²) >= 11 is 0. The van der Waals surface area contributed by atoms with Crippen LogP contribution in [0.5, 0.6) is 0 Å². The number of nitrogens with one attached hydrogen (secondary N) is 1. The van der Waals surface area contributed by atoms with E-state index in [9.17, 15) is 9.59 Å². The summed E-state index contributed by atoms with van der Waals surface area (Å²) in [4.78, 5) is 25.6. The SMILES string of the molecule is COC(=O)c1ccc(N)c(N[C@H]2CN(C(=O)OC(C)(C)C)C[C@H]2OC)c1. The summed E-state index contributed by atoms with van der Waals surface area (Å²) in [6, 6.07) is 4.67. The molecule has 1 fully saturated rings. The third kappa shape index (κ3) is 4.78. The molecule has 2 atom stereocenters. The van der Waals surface area contributed by atoms with Crippen LogP contribution in [0.4, 0.5) is 16.2 Å². The zero-order valence-corrected chi connectivity index (χ0v) is 15.9. The maximum atomic E-state index is 12.3. The first kappa shape index (κ1) is 19.8. The van der Waals surface area contributed by atoms with E-state index in [4.69, 9.17) is 19.9 Å². The van der Waals surface area contributed by atoms with Crippen LogP contribution in [0.25, 0.3) is 0 Å². The summed E-state index contributed by atoms with van der Waals surface area (Å²) in [7, 11) is 2.91. The van der Waals surface area contributed by atoms with Gasteiger partial charge in [0, 0.05) is 13.7 Å². The molecule has 0 spiro atoms. The van der Waals surface area contributed by atoms with Crippen molar-refractivity contribution in [1.29, 1.82) is 0 Å². The highest BCUT2D eigenvalue weighted by Crippen LogP contribution is 2.25. The molecule has 0 radical (unpaired) electrons. The molecule has 1 aromatic carbocycles. The molecule has 26 heavy (non-hydrogen) atoms. The Morgan fingerprint density at radius 3 is 2.50 bits per heavy atom. The average molecular weight is 365 g/mol. The number of hydrogen-bond donors (Lipinski definition) is 2. The fourth-order valence-corrected chi connectivity index (χ4v) is 2.75. The van der Waals surface area contributed by atoms with E-state index in [0.29, 0.717) is 30.0 Å².